The van der Waals surface area contributed by atoms with E-state index in [4.69, 9.17) is 4.74 Å². The Hall–Kier alpha value is -2.09. The molecule has 1 fully saturated rings. The first-order valence-electron chi connectivity index (χ1n) is 8.85. The fourth-order valence-electron chi connectivity index (χ4n) is 3.37. The van der Waals surface area contributed by atoms with Crippen molar-refractivity contribution in [1.29, 1.82) is 0 Å². The van der Waals surface area contributed by atoms with Gasteiger partial charge >= 0.3 is 12.3 Å². The third kappa shape index (κ3) is 4.75. The van der Waals surface area contributed by atoms with Crippen LogP contribution < -0.4 is 5.43 Å². The molecule has 0 radical (unpaired) electrons. The maximum Gasteiger partial charge on any atom is 0.428 e. The average Bonchev–Trinajstić information content (AvgIpc) is 2.63. The highest BCUT2D eigenvalue weighted by Crippen LogP contribution is 2.33. The summed E-state index contributed by atoms with van der Waals surface area (Å²) in [5.41, 5.74) is 2.34. The second kappa shape index (κ2) is 8.07. The second-order valence-electron chi connectivity index (χ2n) is 6.62. The van der Waals surface area contributed by atoms with Gasteiger partial charge in [0.25, 0.3) is 0 Å². The number of amides is 1. The van der Waals surface area contributed by atoms with Crippen LogP contribution in [0.25, 0.3) is 0 Å². The zero-order chi connectivity index (χ0) is 18.6. The minimum atomic E-state index is -4.43. The van der Waals surface area contributed by atoms with Crippen LogP contribution in [-0.4, -0.2) is 42.9 Å². The first kappa shape index (κ1) is 18.7. The fraction of sp³-hybridized carbons (Fsp3) is 0.556. The number of likely N-dealkylation sites (tertiary alicyclic amines) is 1. The molecule has 1 amide bonds. The average molecular weight is 369 g/mol. The van der Waals surface area contributed by atoms with Crippen LogP contribution in [0.15, 0.2) is 23.3 Å². The molecule has 0 aromatic heterocycles. The molecule has 0 saturated carbocycles. The number of aryl methyl sites for hydroxylation is 1. The van der Waals surface area contributed by atoms with Gasteiger partial charge in [0, 0.05) is 5.56 Å². The monoisotopic (exact) mass is 369 g/mol. The summed E-state index contributed by atoms with van der Waals surface area (Å²) in [5.74, 6) is 0. The van der Waals surface area contributed by atoms with Crippen molar-refractivity contribution in [2.75, 3.05) is 26.2 Å². The molecule has 2 aliphatic heterocycles. The quantitative estimate of drug-likeness (QED) is 0.863. The Morgan fingerprint density at radius 2 is 1.96 bits per heavy atom. The van der Waals surface area contributed by atoms with E-state index in [0.29, 0.717) is 24.0 Å². The summed E-state index contributed by atoms with van der Waals surface area (Å²) in [5, 5.41) is 3.77. The van der Waals surface area contributed by atoms with Gasteiger partial charge in [0.2, 0.25) is 0 Å². The maximum atomic E-state index is 13.5. The van der Waals surface area contributed by atoms with E-state index >= 15 is 0 Å². The zero-order valence-corrected chi connectivity index (χ0v) is 14.4. The minimum absolute atomic E-state index is 0.141. The molecule has 2 aliphatic rings. The van der Waals surface area contributed by atoms with Gasteiger partial charge in [0.15, 0.2) is 0 Å². The van der Waals surface area contributed by atoms with Gasteiger partial charge < -0.3 is 9.64 Å². The van der Waals surface area contributed by atoms with Crippen molar-refractivity contribution in [2.45, 2.75) is 38.3 Å². The lowest BCUT2D eigenvalue weighted by Crippen LogP contribution is -2.31. The highest BCUT2D eigenvalue weighted by Gasteiger charge is 2.34. The van der Waals surface area contributed by atoms with Crippen LogP contribution in [0, 0.1) is 0 Å². The smallest absolute Gasteiger partial charge is 0.428 e. The summed E-state index contributed by atoms with van der Waals surface area (Å²) in [4.78, 5) is 13.3. The molecule has 26 heavy (non-hydrogen) atoms. The number of hydrogen-bond donors (Lipinski definition) is 1. The first-order valence-corrected chi connectivity index (χ1v) is 8.85. The molecule has 1 N–H and O–H groups in total. The summed E-state index contributed by atoms with van der Waals surface area (Å²) >= 11 is 0. The number of rotatable bonds is 5. The number of nitrogens with zero attached hydrogens (tertiary/aromatic N) is 2. The van der Waals surface area contributed by atoms with Crippen molar-refractivity contribution in [3.63, 3.8) is 0 Å². The number of alkyl halides is 3. The molecule has 0 aliphatic carbocycles. The van der Waals surface area contributed by atoms with Gasteiger partial charge in [0.1, 0.15) is 12.3 Å². The normalized spacial score (nSPS) is 18.9. The third-order valence-corrected chi connectivity index (χ3v) is 4.74. The van der Waals surface area contributed by atoms with Crippen LogP contribution in [0.1, 0.15) is 42.4 Å². The highest BCUT2D eigenvalue weighted by atomic mass is 19.4. The number of nitrogens with one attached hydrogen (secondary N) is 1. The lowest BCUT2D eigenvalue weighted by molar-refractivity contribution is -0.138. The number of hydrogen-bond acceptors (Lipinski definition) is 4. The number of carbonyl (C=O) groups is 1. The Morgan fingerprint density at radius 1 is 1.19 bits per heavy atom. The molecule has 0 unspecified atom stereocenters. The van der Waals surface area contributed by atoms with Crippen molar-refractivity contribution < 1.29 is 22.7 Å². The van der Waals surface area contributed by atoms with Crippen LogP contribution in [0.5, 0.6) is 0 Å². The zero-order valence-electron chi connectivity index (χ0n) is 14.4. The van der Waals surface area contributed by atoms with E-state index < -0.39 is 17.8 Å². The Balaban J connectivity index is 1.71. The summed E-state index contributed by atoms with van der Waals surface area (Å²) < 4.78 is 45.2. The van der Waals surface area contributed by atoms with E-state index in [9.17, 15) is 18.0 Å². The number of hydrazone groups is 1. The van der Waals surface area contributed by atoms with Crippen molar-refractivity contribution in [3.8, 4) is 0 Å². The van der Waals surface area contributed by atoms with Crippen molar-refractivity contribution in [2.24, 2.45) is 5.10 Å². The third-order valence-electron chi connectivity index (χ3n) is 4.74. The van der Waals surface area contributed by atoms with Crippen molar-refractivity contribution in [1.82, 2.24) is 10.3 Å². The van der Waals surface area contributed by atoms with E-state index in [1.807, 2.05) is 0 Å². The fourth-order valence-corrected chi connectivity index (χ4v) is 3.37. The predicted molar refractivity (Wildman–Crippen MR) is 91.1 cm³/mol. The van der Waals surface area contributed by atoms with Gasteiger partial charge in [-0.1, -0.05) is 18.6 Å². The molecule has 2 heterocycles. The summed E-state index contributed by atoms with van der Waals surface area (Å²) in [6.07, 6.45) is -0.487. The predicted octanol–water partition coefficient (Wildman–Crippen LogP) is 3.57. The maximum absolute atomic E-state index is 13.5. The van der Waals surface area contributed by atoms with Crippen LogP contribution in [0.4, 0.5) is 18.0 Å². The number of benzene rings is 1. The van der Waals surface area contributed by atoms with E-state index in [0.717, 1.165) is 25.7 Å². The SMILES string of the molecule is O=C1NN=C(c2ccc(CCCN3CCCCC3)c(C(F)(F)F)c2)CO1. The molecular formula is C18H22F3N3O2. The van der Waals surface area contributed by atoms with E-state index in [1.165, 1.54) is 25.3 Å². The standard InChI is InChI=1S/C18H22F3N3O2/c19-18(20,21)15-11-14(16-12-26-17(25)23-22-16)7-6-13(15)5-4-10-24-8-2-1-3-9-24/h6-7,11H,1-5,8-10,12H2,(H,23,25). The van der Waals surface area contributed by atoms with Crippen LogP contribution in [0.3, 0.4) is 0 Å². The summed E-state index contributed by atoms with van der Waals surface area (Å²) in [6, 6.07) is 4.20. The topological polar surface area (TPSA) is 53.9 Å². The lowest BCUT2D eigenvalue weighted by atomic mass is 9.97. The van der Waals surface area contributed by atoms with Gasteiger partial charge in [-0.2, -0.15) is 18.3 Å². The number of ether oxygens (including phenoxy) is 1. The Labute approximate surface area is 150 Å². The summed E-state index contributed by atoms with van der Waals surface area (Å²) in [6.45, 7) is 2.76. The molecule has 1 aromatic rings. The largest absolute Gasteiger partial charge is 0.442 e. The van der Waals surface area contributed by atoms with Gasteiger partial charge in [-0.05, 0) is 56.9 Å². The number of carbonyl (C=O) groups excluding carboxylic acids is 1. The molecule has 0 atom stereocenters. The van der Waals surface area contributed by atoms with Crippen molar-refractivity contribution >= 4 is 11.8 Å². The molecule has 1 aromatic carbocycles. The first-order chi connectivity index (χ1) is 12.4. The van der Waals surface area contributed by atoms with E-state index in [1.54, 1.807) is 6.07 Å². The molecule has 8 heteroatoms. The Morgan fingerprint density at radius 3 is 2.62 bits per heavy atom. The van der Waals surface area contributed by atoms with E-state index in [-0.39, 0.29) is 12.3 Å². The van der Waals surface area contributed by atoms with Crippen molar-refractivity contribution in [3.05, 3.63) is 34.9 Å². The molecule has 0 bridgehead atoms. The number of cyclic esters (lactones) is 1. The molecule has 0 spiro atoms. The Kier molecular flexibility index (Phi) is 5.80. The second-order valence-corrected chi connectivity index (χ2v) is 6.62. The lowest BCUT2D eigenvalue weighted by Gasteiger charge is -2.26. The Bertz CT molecular complexity index is 683. The summed E-state index contributed by atoms with van der Waals surface area (Å²) in [7, 11) is 0. The van der Waals surface area contributed by atoms with Gasteiger partial charge in [-0.3, -0.25) is 0 Å². The molecule has 5 nitrogen and oxygen atoms in total. The molecule has 3 rings (SSSR count). The van der Waals surface area contributed by atoms with Crippen LogP contribution in [0.2, 0.25) is 0 Å². The minimum Gasteiger partial charge on any atom is -0.442 e. The highest BCUT2D eigenvalue weighted by molar-refractivity contribution is 6.03. The molecule has 1 saturated heterocycles. The van der Waals surface area contributed by atoms with Crippen LogP contribution >= 0.6 is 0 Å². The number of halogens is 3. The van der Waals surface area contributed by atoms with Gasteiger partial charge in [0.05, 0.1) is 5.56 Å². The van der Waals surface area contributed by atoms with E-state index in [2.05, 4.69) is 15.4 Å². The molecular weight excluding hydrogens is 347 g/mol. The number of piperidine rings is 1. The molecule has 142 valence electrons. The van der Waals surface area contributed by atoms with Crippen LogP contribution in [-0.2, 0) is 17.3 Å². The van der Waals surface area contributed by atoms with Gasteiger partial charge in [-0.25, -0.2) is 10.2 Å². The van der Waals surface area contributed by atoms with Gasteiger partial charge in [-0.15, -0.1) is 0 Å².